The van der Waals surface area contributed by atoms with Crippen LogP contribution in [0.4, 0.5) is 5.82 Å². The number of aromatic nitrogens is 5. The number of H-pyrrole nitrogens is 2. The van der Waals surface area contributed by atoms with Gasteiger partial charge in [-0.05, 0) is 24.3 Å². The number of nitrogens with two attached hydrogens (primary N) is 1. The van der Waals surface area contributed by atoms with Crippen LogP contribution in [0.15, 0.2) is 68.9 Å². The van der Waals surface area contributed by atoms with E-state index in [1.54, 1.807) is 24.0 Å². The Bertz CT molecular complexity index is 1470. The molecule has 0 amide bonds. The summed E-state index contributed by atoms with van der Waals surface area (Å²) in [6.07, 6.45) is 1.65. The Labute approximate surface area is 187 Å². The zero-order valence-corrected chi connectivity index (χ0v) is 18.2. The van der Waals surface area contributed by atoms with Crippen molar-refractivity contribution in [3.63, 3.8) is 0 Å². The van der Waals surface area contributed by atoms with E-state index in [9.17, 15) is 4.79 Å². The van der Waals surface area contributed by atoms with Gasteiger partial charge in [-0.3, -0.25) is 0 Å². The first-order valence-corrected chi connectivity index (χ1v) is 10.9. The number of hydrogen-bond donors (Lipinski definition) is 3. The Morgan fingerprint density at radius 2 is 1.72 bits per heavy atom. The summed E-state index contributed by atoms with van der Waals surface area (Å²) in [5, 5.41) is 4.67. The molecule has 0 saturated heterocycles. The van der Waals surface area contributed by atoms with Crippen LogP contribution in [-0.4, -0.2) is 30.3 Å². The molecule has 0 aliphatic rings. The van der Waals surface area contributed by atoms with E-state index < -0.39 is 0 Å². The Kier molecular flexibility index (Phi) is 5.02. The van der Waals surface area contributed by atoms with Gasteiger partial charge in [0.25, 0.3) is 0 Å². The molecular formula is C23H20N6O2S. The monoisotopic (exact) mass is 444 g/mol. The second-order valence-corrected chi connectivity index (χ2v) is 9.25. The summed E-state index contributed by atoms with van der Waals surface area (Å²) in [7, 11) is 0. The normalized spacial score (nSPS) is 11.5. The van der Waals surface area contributed by atoms with Crippen molar-refractivity contribution in [2.24, 2.45) is 0 Å². The van der Waals surface area contributed by atoms with Crippen LogP contribution < -0.4 is 11.4 Å². The summed E-state index contributed by atoms with van der Waals surface area (Å²) < 4.78 is 5.54. The number of hydrogen-bond acceptors (Lipinski definition) is 7. The van der Waals surface area contributed by atoms with E-state index in [1.807, 2.05) is 30.3 Å². The molecule has 9 heteroatoms. The van der Waals surface area contributed by atoms with Gasteiger partial charge in [0, 0.05) is 27.3 Å². The maximum atomic E-state index is 11.5. The second kappa shape index (κ2) is 8.01. The molecule has 2 aromatic carbocycles. The molecule has 4 N–H and O–H groups in total. The fraction of sp³-hybridized carbons (Fsp3) is 0.130. The van der Waals surface area contributed by atoms with Gasteiger partial charge in [0.2, 0.25) is 0 Å². The van der Waals surface area contributed by atoms with Gasteiger partial charge in [0.15, 0.2) is 17.3 Å². The van der Waals surface area contributed by atoms with Crippen molar-refractivity contribution in [3.8, 4) is 34.0 Å². The Hall–Kier alpha value is -3.85. The third-order valence-corrected chi connectivity index (χ3v) is 5.89. The molecule has 5 aromatic rings. The molecule has 0 unspecified atom stereocenters. The van der Waals surface area contributed by atoms with Crippen LogP contribution >= 0.6 is 11.8 Å². The number of rotatable bonds is 5. The molecule has 0 radical (unpaired) electrons. The quantitative estimate of drug-likeness (QED) is 0.335. The number of thioether (sulfide) groups is 1. The largest absolute Gasteiger partial charge is 0.382 e. The molecule has 3 heterocycles. The molecular weight excluding hydrogens is 424 g/mol. The van der Waals surface area contributed by atoms with Gasteiger partial charge in [0.05, 0.1) is 22.9 Å². The van der Waals surface area contributed by atoms with Gasteiger partial charge in [-0.25, -0.2) is 14.8 Å². The van der Waals surface area contributed by atoms with E-state index in [4.69, 9.17) is 10.3 Å². The lowest BCUT2D eigenvalue weighted by Crippen LogP contribution is -1.99. The molecule has 0 spiro atoms. The Morgan fingerprint density at radius 3 is 2.50 bits per heavy atom. The van der Waals surface area contributed by atoms with Crippen molar-refractivity contribution >= 4 is 28.6 Å². The van der Waals surface area contributed by atoms with Crippen LogP contribution in [0.1, 0.15) is 13.8 Å². The molecule has 8 nitrogen and oxygen atoms in total. The molecule has 0 saturated carbocycles. The number of nitrogens with zero attached hydrogens (tertiary/aromatic N) is 3. The molecule has 0 atom stereocenters. The van der Waals surface area contributed by atoms with E-state index in [2.05, 4.69) is 51.1 Å². The highest BCUT2D eigenvalue weighted by Gasteiger charge is 2.16. The van der Waals surface area contributed by atoms with Gasteiger partial charge < -0.3 is 20.2 Å². The number of nitrogen functional groups attached to an aromatic ring is 1. The Balaban J connectivity index is 1.47. The number of nitrogens with one attached hydrogen (secondary N) is 2. The van der Waals surface area contributed by atoms with Crippen molar-refractivity contribution in [1.82, 2.24) is 25.1 Å². The van der Waals surface area contributed by atoms with Crippen LogP contribution in [0.3, 0.4) is 0 Å². The van der Waals surface area contributed by atoms with Crippen LogP contribution in [0.5, 0.6) is 0 Å². The average Bonchev–Trinajstić information content (AvgIpc) is 3.40. The van der Waals surface area contributed by atoms with Crippen molar-refractivity contribution in [2.45, 2.75) is 24.0 Å². The number of anilines is 1. The van der Waals surface area contributed by atoms with Crippen LogP contribution in [0.25, 0.3) is 45.0 Å². The predicted octanol–water partition coefficient (Wildman–Crippen LogP) is 4.72. The van der Waals surface area contributed by atoms with E-state index in [-0.39, 0.29) is 11.5 Å². The van der Waals surface area contributed by atoms with Gasteiger partial charge >= 0.3 is 5.69 Å². The van der Waals surface area contributed by atoms with E-state index >= 15 is 0 Å². The number of imidazole rings is 1. The number of fused-ring (bicyclic) bond motifs is 1. The van der Waals surface area contributed by atoms with E-state index in [0.717, 1.165) is 16.6 Å². The smallest absolute Gasteiger partial charge is 0.323 e. The third-order valence-electron chi connectivity index (χ3n) is 4.88. The standard InChI is InChI=1S/C23H20N6O2S/c1-12(2)32-15-6-3-13(4-7-15)19-11-25-22(24)21(26-19)20-10-17(29-31-20)14-5-8-16-18(9-14)28-23(30)27-16/h3-12H,1-2H3,(H2,24,25)(H2,27,28,30). The highest BCUT2D eigenvalue weighted by molar-refractivity contribution is 7.99. The van der Waals surface area contributed by atoms with Crippen molar-refractivity contribution in [3.05, 3.63) is 65.2 Å². The summed E-state index contributed by atoms with van der Waals surface area (Å²) in [6.45, 7) is 4.33. The van der Waals surface area contributed by atoms with Gasteiger partial charge in [-0.2, -0.15) is 0 Å². The van der Waals surface area contributed by atoms with Crippen LogP contribution in [-0.2, 0) is 0 Å². The second-order valence-electron chi connectivity index (χ2n) is 7.60. The van der Waals surface area contributed by atoms with Gasteiger partial charge in [-0.15, -0.1) is 11.8 Å². The lowest BCUT2D eigenvalue weighted by molar-refractivity contribution is 0.434. The molecule has 160 valence electrons. The first kappa shape index (κ1) is 20.1. The summed E-state index contributed by atoms with van der Waals surface area (Å²) in [6, 6.07) is 15.5. The SMILES string of the molecule is CC(C)Sc1ccc(-c2cnc(N)c(-c3cc(-c4ccc5[nH]c(=O)[nH]c5c4)no3)n2)cc1. The fourth-order valence-corrected chi connectivity index (χ4v) is 4.25. The molecule has 0 aliphatic carbocycles. The molecule has 32 heavy (non-hydrogen) atoms. The zero-order chi connectivity index (χ0) is 22.2. The van der Waals surface area contributed by atoms with Gasteiger partial charge in [0.1, 0.15) is 5.69 Å². The van der Waals surface area contributed by atoms with Gasteiger partial charge in [-0.1, -0.05) is 37.2 Å². The van der Waals surface area contributed by atoms with E-state index in [0.29, 0.717) is 33.6 Å². The molecule has 3 aromatic heterocycles. The maximum Gasteiger partial charge on any atom is 0.323 e. The fourth-order valence-electron chi connectivity index (χ4n) is 3.41. The molecule has 0 bridgehead atoms. The third kappa shape index (κ3) is 3.90. The first-order valence-electron chi connectivity index (χ1n) is 10.1. The Morgan fingerprint density at radius 1 is 0.969 bits per heavy atom. The number of benzene rings is 2. The highest BCUT2D eigenvalue weighted by atomic mass is 32.2. The van der Waals surface area contributed by atoms with E-state index in [1.165, 1.54) is 4.90 Å². The zero-order valence-electron chi connectivity index (χ0n) is 17.4. The summed E-state index contributed by atoms with van der Waals surface area (Å²) in [5.74, 6) is 0.676. The van der Waals surface area contributed by atoms with Crippen LogP contribution in [0.2, 0.25) is 0 Å². The molecule has 0 aliphatic heterocycles. The number of aromatic amines is 2. The van der Waals surface area contributed by atoms with Crippen molar-refractivity contribution in [2.75, 3.05) is 5.73 Å². The minimum atomic E-state index is -0.256. The maximum absolute atomic E-state index is 11.5. The highest BCUT2D eigenvalue weighted by Crippen LogP contribution is 2.31. The summed E-state index contributed by atoms with van der Waals surface area (Å²) >= 11 is 1.81. The topological polar surface area (TPSA) is 126 Å². The molecule has 5 rings (SSSR count). The lowest BCUT2D eigenvalue weighted by Gasteiger charge is -2.07. The van der Waals surface area contributed by atoms with Crippen molar-refractivity contribution in [1.29, 1.82) is 0 Å². The molecule has 0 fully saturated rings. The lowest BCUT2D eigenvalue weighted by atomic mass is 10.1. The van der Waals surface area contributed by atoms with Crippen molar-refractivity contribution < 1.29 is 4.52 Å². The summed E-state index contributed by atoms with van der Waals surface area (Å²) in [4.78, 5) is 27.2. The predicted molar refractivity (Wildman–Crippen MR) is 126 cm³/mol. The average molecular weight is 445 g/mol. The first-order chi connectivity index (χ1) is 15.5. The minimum absolute atomic E-state index is 0.256. The summed E-state index contributed by atoms with van der Waals surface area (Å²) in [5.41, 5.74) is 10.7. The van der Waals surface area contributed by atoms with Crippen LogP contribution in [0, 0.1) is 0 Å². The minimum Gasteiger partial charge on any atom is -0.382 e.